The van der Waals surface area contributed by atoms with Crippen molar-refractivity contribution in [2.45, 2.75) is 25.9 Å². The van der Waals surface area contributed by atoms with Crippen molar-refractivity contribution in [3.8, 4) is 5.75 Å². The molecule has 30 heavy (non-hydrogen) atoms. The van der Waals surface area contributed by atoms with Crippen LogP contribution in [0.2, 0.25) is 10.0 Å². The Morgan fingerprint density at radius 1 is 1.27 bits per heavy atom. The summed E-state index contributed by atoms with van der Waals surface area (Å²) in [4.78, 5) is 25.4. The molecular weight excluding hydrogens is 429 g/mol. The summed E-state index contributed by atoms with van der Waals surface area (Å²) in [6.45, 7) is 2.17. The molecule has 1 heterocycles. The fourth-order valence-corrected chi connectivity index (χ4v) is 3.97. The van der Waals surface area contributed by atoms with E-state index < -0.39 is 12.1 Å². The molecular formula is C22H23Cl2NO5. The number of ether oxygens (including phenoxy) is 2. The number of methoxy groups -OCH3 is 1. The van der Waals surface area contributed by atoms with Crippen LogP contribution in [0, 0.1) is 5.92 Å². The molecule has 3 rings (SSSR count). The minimum absolute atomic E-state index is 0.00491. The molecule has 2 unspecified atom stereocenters. The van der Waals surface area contributed by atoms with Crippen molar-refractivity contribution in [3.63, 3.8) is 0 Å². The number of fused-ring (bicyclic) bond motifs is 1. The van der Waals surface area contributed by atoms with Gasteiger partial charge in [-0.2, -0.15) is 0 Å². The highest BCUT2D eigenvalue weighted by molar-refractivity contribution is 6.31. The van der Waals surface area contributed by atoms with Gasteiger partial charge in [0.2, 0.25) is 0 Å². The Morgan fingerprint density at radius 2 is 2.03 bits per heavy atom. The lowest BCUT2D eigenvalue weighted by Crippen LogP contribution is -2.36. The smallest absolute Gasteiger partial charge is 0.303 e. The van der Waals surface area contributed by atoms with Crippen LogP contribution in [0.3, 0.4) is 0 Å². The predicted molar refractivity (Wildman–Crippen MR) is 116 cm³/mol. The Balaban J connectivity index is 1.99. The molecule has 0 radical (unpaired) electrons. The lowest BCUT2D eigenvalue weighted by molar-refractivity contribution is -0.137. The lowest BCUT2D eigenvalue weighted by Gasteiger charge is -2.26. The van der Waals surface area contributed by atoms with Crippen molar-refractivity contribution in [2.75, 3.05) is 25.2 Å². The van der Waals surface area contributed by atoms with E-state index in [1.54, 1.807) is 42.3 Å². The van der Waals surface area contributed by atoms with E-state index in [1.165, 1.54) is 0 Å². The van der Waals surface area contributed by atoms with Gasteiger partial charge >= 0.3 is 5.97 Å². The molecule has 1 aliphatic heterocycles. The van der Waals surface area contributed by atoms with Crippen LogP contribution in [0.4, 0.5) is 5.69 Å². The van der Waals surface area contributed by atoms with Gasteiger partial charge in [0.25, 0.3) is 5.91 Å². The van der Waals surface area contributed by atoms with E-state index in [4.69, 9.17) is 37.8 Å². The first-order valence-electron chi connectivity index (χ1n) is 9.56. The molecule has 6 nitrogen and oxygen atoms in total. The number of nitrogens with zero attached hydrogens (tertiary/aromatic N) is 1. The molecule has 2 aromatic rings. The van der Waals surface area contributed by atoms with Crippen LogP contribution in [0.15, 0.2) is 36.4 Å². The van der Waals surface area contributed by atoms with E-state index in [0.717, 1.165) is 5.56 Å². The Kier molecular flexibility index (Phi) is 7.23. The highest BCUT2D eigenvalue weighted by atomic mass is 35.5. The van der Waals surface area contributed by atoms with Crippen LogP contribution in [-0.2, 0) is 14.3 Å². The van der Waals surface area contributed by atoms with Crippen molar-refractivity contribution in [3.05, 3.63) is 57.6 Å². The molecule has 1 amide bonds. The lowest BCUT2D eigenvalue weighted by atomic mass is 9.98. The van der Waals surface area contributed by atoms with Gasteiger partial charge in [-0.3, -0.25) is 9.59 Å². The number of carboxylic acid groups (broad SMARTS) is 1. The van der Waals surface area contributed by atoms with Crippen LogP contribution in [0.1, 0.15) is 37.0 Å². The van der Waals surface area contributed by atoms with E-state index in [1.807, 2.05) is 13.0 Å². The standard InChI is InChI=1S/C22H23Cl2NO5/c1-13(3-8-21(27)28)11-25-19-7-4-14(23)9-17(19)22(30-12-20(25)26)16-6-5-15(29-2)10-18(16)24/h4-7,9-10,13,22H,3,8,11-12H2,1-2H3,(H,27,28). The van der Waals surface area contributed by atoms with Gasteiger partial charge in [-0.1, -0.05) is 36.2 Å². The van der Waals surface area contributed by atoms with E-state index in [0.29, 0.717) is 40.0 Å². The number of anilines is 1. The van der Waals surface area contributed by atoms with Crippen LogP contribution >= 0.6 is 23.2 Å². The maximum atomic E-state index is 12.9. The van der Waals surface area contributed by atoms with Gasteiger partial charge in [0.1, 0.15) is 18.5 Å². The minimum atomic E-state index is -0.853. The summed E-state index contributed by atoms with van der Waals surface area (Å²) in [6, 6.07) is 10.6. The first-order chi connectivity index (χ1) is 14.3. The van der Waals surface area contributed by atoms with E-state index in [9.17, 15) is 9.59 Å². The predicted octanol–water partition coefficient (Wildman–Crippen LogP) is 4.96. The summed E-state index contributed by atoms with van der Waals surface area (Å²) in [5.74, 6) is -0.440. The Labute approximate surface area is 185 Å². The number of halogens is 2. The van der Waals surface area contributed by atoms with Crippen LogP contribution < -0.4 is 9.64 Å². The maximum absolute atomic E-state index is 12.9. The van der Waals surface area contributed by atoms with E-state index in [2.05, 4.69) is 0 Å². The quantitative estimate of drug-likeness (QED) is 0.643. The molecule has 2 atom stereocenters. The number of rotatable bonds is 7. The second-order valence-corrected chi connectivity index (χ2v) is 8.17. The SMILES string of the molecule is COc1ccc(C2OCC(=O)N(CC(C)CCC(=O)O)c3ccc(Cl)cc32)c(Cl)c1. The van der Waals surface area contributed by atoms with Gasteiger partial charge in [0.15, 0.2) is 0 Å². The van der Waals surface area contributed by atoms with E-state index >= 15 is 0 Å². The molecule has 1 aliphatic rings. The Hall–Kier alpha value is -2.28. The third kappa shape index (κ3) is 5.06. The maximum Gasteiger partial charge on any atom is 0.303 e. The van der Waals surface area contributed by atoms with Crippen molar-refractivity contribution >= 4 is 40.8 Å². The second kappa shape index (κ2) is 9.69. The summed E-state index contributed by atoms with van der Waals surface area (Å²) in [6.07, 6.45) is -0.0613. The Morgan fingerprint density at radius 3 is 2.70 bits per heavy atom. The number of carbonyl (C=O) groups is 2. The molecule has 160 valence electrons. The first-order valence-corrected chi connectivity index (χ1v) is 10.3. The van der Waals surface area contributed by atoms with Gasteiger partial charge in [-0.25, -0.2) is 0 Å². The zero-order valence-corrected chi connectivity index (χ0v) is 18.2. The summed E-state index contributed by atoms with van der Waals surface area (Å²) in [7, 11) is 1.56. The average molecular weight is 452 g/mol. The van der Waals surface area contributed by atoms with Gasteiger partial charge in [0.05, 0.1) is 12.1 Å². The molecule has 2 aromatic carbocycles. The number of amides is 1. The van der Waals surface area contributed by atoms with Gasteiger partial charge < -0.3 is 19.5 Å². The number of carbonyl (C=O) groups excluding carboxylic acids is 1. The first kappa shape index (κ1) is 22.4. The number of hydrogen-bond donors (Lipinski definition) is 1. The molecule has 0 aromatic heterocycles. The third-order valence-corrected chi connectivity index (χ3v) is 5.64. The highest BCUT2D eigenvalue weighted by Crippen LogP contribution is 2.41. The second-order valence-electron chi connectivity index (χ2n) is 7.32. The Bertz CT molecular complexity index is 949. The van der Waals surface area contributed by atoms with Crippen molar-refractivity contribution in [1.29, 1.82) is 0 Å². The summed E-state index contributed by atoms with van der Waals surface area (Å²) in [5, 5.41) is 9.91. The zero-order valence-electron chi connectivity index (χ0n) is 16.7. The molecule has 0 saturated heterocycles. The normalized spacial score (nSPS) is 17.3. The molecule has 0 bridgehead atoms. The molecule has 1 N–H and O–H groups in total. The number of hydrogen-bond acceptors (Lipinski definition) is 4. The minimum Gasteiger partial charge on any atom is -0.497 e. The summed E-state index contributed by atoms with van der Waals surface area (Å²) >= 11 is 12.7. The summed E-state index contributed by atoms with van der Waals surface area (Å²) in [5.41, 5.74) is 2.11. The van der Waals surface area contributed by atoms with Gasteiger partial charge in [0, 0.05) is 34.8 Å². The average Bonchev–Trinajstić information content (AvgIpc) is 2.83. The van der Waals surface area contributed by atoms with Crippen LogP contribution in [0.5, 0.6) is 5.75 Å². The molecule has 0 saturated carbocycles. The van der Waals surface area contributed by atoms with E-state index in [-0.39, 0.29) is 24.9 Å². The van der Waals surface area contributed by atoms with Crippen LogP contribution in [-0.4, -0.2) is 37.2 Å². The summed E-state index contributed by atoms with van der Waals surface area (Å²) < 4.78 is 11.2. The van der Waals surface area contributed by atoms with Crippen molar-refractivity contribution in [2.24, 2.45) is 5.92 Å². The van der Waals surface area contributed by atoms with Crippen LogP contribution in [0.25, 0.3) is 0 Å². The monoisotopic (exact) mass is 451 g/mol. The molecule has 0 fully saturated rings. The molecule has 0 spiro atoms. The van der Waals surface area contributed by atoms with Crippen molar-refractivity contribution in [1.82, 2.24) is 0 Å². The number of carboxylic acids is 1. The number of aliphatic carboxylic acids is 1. The zero-order chi connectivity index (χ0) is 21.8. The molecule has 0 aliphatic carbocycles. The fraction of sp³-hybridized carbons (Fsp3) is 0.364. The van der Waals surface area contributed by atoms with Gasteiger partial charge in [-0.15, -0.1) is 0 Å². The largest absolute Gasteiger partial charge is 0.497 e. The molecule has 8 heteroatoms. The highest BCUT2D eigenvalue weighted by Gasteiger charge is 2.31. The topological polar surface area (TPSA) is 76.1 Å². The number of benzene rings is 2. The third-order valence-electron chi connectivity index (χ3n) is 5.07. The fourth-order valence-electron chi connectivity index (χ4n) is 3.52. The van der Waals surface area contributed by atoms with Gasteiger partial charge in [-0.05, 0) is 42.7 Å². The van der Waals surface area contributed by atoms with Crippen molar-refractivity contribution < 1.29 is 24.2 Å².